The van der Waals surface area contributed by atoms with Crippen molar-refractivity contribution in [2.24, 2.45) is 0 Å². The summed E-state index contributed by atoms with van der Waals surface area (Å²) in [6.45, 7) is 0. The molecule has 0 saturated carbocycles. The fourth-order valence-electron chi connectivity index (χ4n) is 1.83. The second-order valence-electron chi connectivity index (χ2n) is 3.78. The van der Waals surface area contributed by atoms with E-state index in [0.717, 1.165) is 12.1 Å². The molecule has 3 rings (SSSR count). The number of benzene rings is 2. The van der Waals surface area contributed by atoms with Gasteiger partial charge < -0.3 is 0 Å². The van der Waals surface area contributed by atoms with Gasteiger partial charge in [0, 0.05) is 37.4 Å². The third kappa shape index (κ3) is 2.53. The number of halogens is 2. The minimum absolute atomic E-state index is 0. The molecule has 1 aromatic heterocycles. The van der Waals surface area contributed by atoms with E-state index in [1.54, 1.807) is 6.07 Å². The van der Waals surface area contributed by atoms with Crippen molar-refractivity contribution in [1.29, 1.82) is 0 Å². The van der Waals surface area contributed by atoms with Gasteiger partial charge in [-0.15, -0.1) is 12.1 Å². The van der Waals surface area contributed by atoms with Crippen molar-refractivity contribution >= 4 is 10.9 Å². The summed E-state index contributed by atoms with van der Waals surface area (Å²) in [6.07, 6.45) is 1.36. The SMILES string of the molecule is Fc1c[c-]c(-c2ncnc3ccccc23)c(F)c1.[Ir]. The molecule has 19 heavy (non-hydrogen) atoms. The van der Waals surface area contributed by atoms with Crippen LogP contribution in [0.15, 0.2) is 42.7 Å². The van der Waals surface area contributed by atoms with Crippen LogP contribution in [0.5, 0.6) is 0 Å². The topological polar surface area (TPSA) is 25.8 Å². The molecule has 0 spiro atoms. The zero-order chi connectivity index (χ0) is 12.5. The molecule has 97 valence electrons. The summed E-state index contributed by atoms with van der Waals surface area (Å²) in [7, 11) is 0. The molecule has 0 N–H and O–H groups in total. The third-order valence-electron chi connectivity index (χ3n) is 2.64. The maximum absolute atomic E-state index is 13.7. The summed E-state index contributed by atoms with van der Waals surface area (Å²) in [5, 5.41) is 0.710. The van der Waals surface area contributed by atoms with E-state index in [1.165, 1.54) is 6.33 Å². The van der Waals surface area contributed by atoms with Crippen LogP contribution in [0.2, 0.25) is 0 Å². The van der Waals surface area contributed by atoms with Crippen molar-refractivity contribution in [3.8, 4) is 11.3 Å². The quantitative estimate of drug-likeness (QED) is 0.550. The number of aromatic nitrogens is 2. The van der Waals surface area contributed by atoms with Crippen LogP contribution in [0.25, 0.3) is 22.2 Å². The van der Waals surface area contributed by atoms with Crippen molar-refractivity contribution in [1.82, 2.24) is 9.97 Å². The van der Waals surface area contributed by atoms with Crippen molar-refractivity contribution in [3.05, 3.63) is 60.4 Å². The van der Waals surface area contributed by atoms with Crippen LogP contribution >= 0.6 is 0 Å². The molecule has 2 nitrogen and oxygen atoms in total. The molecule has 0 unspecified atom stereocenters. The average Bonchev–Trinajstić information content (AvgIpc) is 2.38. The minimum atomic E-state index is -0.682. The number of nitrogens with zero attached hydrogens (tertiary/aromatic N) is 2. The van der Waals surface area contributed by atoms with Crippen molar-refractivity contribution in [2.45, 2.75) is 0 Å². The Bertz CT molecular complexity index is 726. The summed E-state index contributed by atoms with van der Waals surface area (Å²) in [4.78, 5) is 8.16. The van der Waals surface area contributed by atoms with Crippen LogP contribution in [0.1, 0.15) is 0 Å². The van der Waals surface area contributed by atoms with Crippen LogP contribution in [0.3, 0.4) is 0 Å². The maximum Gasteiger partial charge on any atom is 0.106 e. The number of fused-ring (bicyclic) bond motifs is 1. The van der Waals surface area contributed by atoms with E-state index in [2.05, 4.69) is 16.0 Å². The molecule has 0 saturated heterocycles. The zero-order valence-corrected chi connectivity index (χ0v) is 11.9. The second kappa shape index (κ2) is 5.51. The first-order valence-electron chi connectivity index (χ1n) is 5.32. The molecule has 0 aliphatic heterocycles. The van der Waals surface area contributed by atoms with Gasteiger partial charge >= 0.3 is 0 Å². The molecule has 0 amide bonds. The average molecular weight is 433 g/mol. The van der Waals surface area contributed by atoms with Gasteiger partial charge in [0.05, 0.1) is 5.52 Å². The van der Waals surface area contributed by atoms with Crippen molar-refractivity contribution < 1.29 is 28.9 Å². The molecule has 1 radical (unpaired) electrons. The Morgan fingerprint density at radius 1 is 1.05 bits per heavy atom. The molecule has 2 aromatic carbocycles. The van der Waals surface area contributed by atoms with E-state index < -0.39 is 11.6 Å². The number of para-hydroxylation sites is 1. The van der Waals surface area contributed by atoms with Crippen LogP contribution in [-0.4, -0.2) is 9.97 Å². The van der Waals surface area contributed by atoms with Gasteiger partial charge in [0.2, 0.25) is 0 Å². The predicted molar refractivity (Wildman–Crippen MR) is 63.7 cm³/mol. The van der Waals surface area contributed by atoms with Gasteiger partial charge in [0.25, 0.3) is 0 Å². The van der Waals surface area contributed by atoms with E-state index in [-0.39, 0.29) is 25.7 Å². The Morgan fingerprint density at radius 2 is 1.84 bits per heavy atom. The molecular weight excluding hydrogens is 426 g/mol. The first-order valence-corrected chi connectivity index (χ1v) is 5.32. The Balaban J connectivity index is 0.00000133. The largest absolute Gasteiger partial charge is 0.285 e. The van der Waals surface area contributed by atoms with Gasteiger partial charge in [0.15, 0.2) is 0 Å². The molecule has 0 bridgehead atoms. The Hall–Kier alpha value is -1.71. The van der Waals surface area contributed by atoms with Crippen LogP contribution in [0, 0.1) is 17.7 Å². The fourth-order valence-corrected chi connectivity index (χ4v) is 1.83. The van der Waals surface area contributed by atoms with E-state index in [9.17, 15) is 8.78 Å². The van der Waals surface area contributed by atoms with Crippen molar-refractivity contribution in [2.75, 3.05) is 0 Å². The molecule has 5 heteroatoms. The summed E-state index contributed by atoms with van der Waals surface area (Å²) in [6, 6.07) is 11.7. The van der Waals surface area contributed by atoms with Crippen LogP contribution in [0.4, 0.5) is 8.78 Å². The normalized spacial score (nSPS) is 10.2. The fraction of sp³-hybridized carbons (Fsp3) is 0. The first kappa shape index (κ1) is 13.7. The summed E-state index contributed by atoms with van der Waals surface area (Å²) in [5.74, 6) is -1.34. The monoisotopic (exact) mass is 434 g/mol. The third-order valence-corrected chi connectivity index (χ3v) is 2.64. The number of hydrogen-bond acceptors (Lipinski definition) is 2. The van der Waals surface area contributed by atoms with Crippen molar-refractivity contribution in [3.63, 3.8) is 0 Å². The standard InChI is InChI=1S/C14H7F2N2.Ir/c15-9-5-6-10(12(16)7-9)14-11-3-1-2-4-13(11)17-8-18-14;/h1-5,7-8H;/q-1;. The zero-order valence-electron chi connectivity index (χ0n) is 9.53. The maximum atomic E-state index is 13.7. The van der Waals surface area contributed by atoms with E-state index in [1.807, 2.05) is 18.2 Å². The molecule has 1 heterocycles. The summed E-state index contributed by atoms with van der Waals surface area (Å²) in [5.41, 5.74) is 1.27. The minimum Gasteiger partial charge on any atom is -0.285 e. The summed E-state index contributed by atoms with van der Waals surface area (Å²) >= 11 is 0. The molecule has 0 atom stereocenters. The molecule has 0 aliphatic carbocycles. The smallest absolute Gasteiger partial charge is 0.106 e. The predicted octanol–water partition coefficient (Wildman–Crippen LogP) is 3.37. The molecular formula is C14H7F2IrN2-. The van der Waals surface area contributed by atoms with Gasteiger partial charge in [-0.25, -0.2) is 4.98 Å². The van der Waals surface area contributed by atoms with Gasteiger partial charge in [-0.3, -0.25) is 13.8 Å². The molecule has 0 aliphatic rings. The van der Waals surface area contributed by atoms with Gasteiger partial charge in [-0.1, -0.05) is 29.8 Å². The Kier molecular flexibility index (Phi) is 3.98. The van der Waals surface area contributed by atoms with Crippen LogP contribution in [-0.2, 0) is 20.1 Å². The number of rotatable bonds is 1. The van der Waals surface area contributed by atoms with Gasteiger partial charge in [0.1, 0.15) is 6.33 Å². The Labute approximate surface area is 121 Å². The Morgan fingerprint density at radius 3 is 2.63 bits per heavy atom. The van der Waals surface area contributed by atoms with Gasteiger partial charge in [-0.2, -0.15) is 0 Å². The second-order valence-corrected chi connectivity index (χ2v) is 3.78. The van der Waals surface area contributed by atoms with E-state index in [0.29, 0.717) is 16.6 Å². The first-order chi connectivity index (χ1) is 8.75. The van der Waals surface area contributed by atoms with E-state index >= 15 is 0 Å². The van der Waals surface area contributed by atoms with Gasteiger partial charge in [-0.05, 0) is 11.5 Å². The molecule has 3 aromatic rings. The van der Waals surface area contributed by atoms with Crippen LogP contribution < -0.4 is 0 Å². The van der Waals surface area contributed by atoms with E-state index in [4.69, 9.17) is 0 Å². The molecule has 0 fully saturated rings. The summed E-state index contributed by atoms with van der Waals surface area (Å²) < 4.78 is 26.6. The number of hydrogen-bond donors (Lipinski definition) is 0.